The quantitative estimate of drug-likeness (QED) is 0.387. The molecule has 2 nitrogen and oxygen atoms in total. The third-order valence-corrected chi connectivity index (χ3v) is 2.85. The van der Waals surface area contributed by atoms with Crippen molar-refractivity contribution in [3.05, 3.63) is 24.3 Å². The Morgan fingerprint density at radius 3 is 2.06 bits per heavy atom. The standard InChI is InChI=1S/C16H28O2/c1-2-3-4-5-6-7-8-9-10-11-12-13-14-15-16(17)18/h4-7H,2-3,8-15H2,1H3,(H,17,18)/b5-4+,7-6-. The smallest absolute Gasteiger partial charge is 0.303 e. The van der Waals surface area contributed by atoms with Crippen LogP contribution in [0.2, 0.25) is 0 Å². The van der Waals surface area contributed by atoms with Crippen LogP contribution in [0.3, 0.4) is 0 Å². The van der Waals surface area contributed by atoms with E-state index in [0.717, 1.165) is 19.3 Å². The van der Waals surface area contributed by atoms with Crippen molar-refractivity contribution in [3.8, 4) is 0 Å². The van der Waals surface area contributed by atoms with Crippen molar-refractivity contribution in [3.63, 3.8) is 0 Å². The van der Waals surface area contributed by atoms with Gasteiger partial charge >= 0.3 is 5.97 Å². The Bertz CT molecular complexity index is 241. The lowest BCUT2D eigenvalue weighted by Crippen LogP contribution is -1.93. The first kappa shape index (κ1) is 16.9. The maximum Gasteiger partial charge on any atom is 0.303 e. The van der Waals surface area contributed by atoms with Gasteiger partial charge in [0.15, 0.2) is 0 Å². The van der Waals surface area contributed by atoms with Crippen LogP contribution in [0.15, 0.2) is 24.3 Å². The fourth-order valence-corrected chi connectivity index (χ4v) is 1.76. The first-order valence-corrected chi connectivity index (χ1v) is 7.30. The first-order chi connectivity index (χ1) is 8.77. The molecular weight excluding hydrogens is 224 g/mol. The Kier molecular flexibility index (Phi) is 13.2. The highest BCUT2D eigenvalue weighted by Crippen LogP contribution is 2.08. The number of carboxylic acids is 1. The molecule has 0 aliphatic rings. The van der Waals surface area contributed by atoms with Gasteiger partial charge in [0.05, 0.1) is 0 Å². The Hall–Kier alpha value is -1.05. The fourth-order valence-electron chi connectivity index (χ4n) is 1.76. The van der Waals surface area contributed by atoms with Crippen LogP contribution in [-0.2, 0) is 4.79 Å². The Morgan fingerprint density at radius 2 is 1.44 bits per heavy atom. The highest BCUT2D eigenvalue weighted by Gasteiger charge is 1.95. The molecule has 0 aliphatic heterocycles. The summed E-state index contributed by atoms with van der Waals surface area (Å²) in [5.74, 6) is -0.670. The Morgan fingerprint density at radius 1 is 0.889 bits per heavy atom. The number of carbonyl (C=O) groups is 1. The zero-order valence-electron chi connectivity index (χ0n) is 11.7. The number of allylic oxidation sites excluding steroid dienone is 4. The van der Waals surface area contributed by atoms with E-state index in [1.165, 1.54) is 38.5 Å². The lowest BCUT2D eigenvalue weighted by Gasteiger charge is -1.99. The molecule has 0 aliphatic carbocycles. The van der Waals surface area contributed by atoms with E-state index in [1.54, 1.807) is 0 Å². The molecule has 0 fully saturated rings. The molecule has 1 N–H and O–H groups in total. The summed E-state index contributed by atoms with van der Waals surface area (Å²) in [6, 6.07) is 0. The van der Waals surface area contributed by atoms with Gasteiger partial charge in [-0.25, -0.2) is 0 Å². The van der Waals surface area contributed by atoms with E-state index in [1.807, 2.05) is 0 Å². The van der Waals surface area contributed by atoms with E-state index in [4.69, 9.17) is 5.11 Å². The van der Waals surface area contributed by atoms with E-state index in [0.29, 0.717) is 6.42 Å². The molecule has 0 spiro atoms. The van der Waals surface area contributed by atoms with Crippen molar-refractivity contribution in [2.24, 2.45) is 0 Å². The molecule has 0 aromatic rings. The average molecular weight is 252 g/mol. The van der Waals surface area contributed by atoms with Gasteiger partial charge in [-0.1, -0.05) is 63.3 Å². The van der Waals surface area contributed by atoms with Crippen molar-refractivity contribution in [1.82, 2.24) is 0 Å². The molecule has 2 heteroatoms. The summed E-state index contributed by atoms with van der Waals surface area (Å²) in [4.78, 5) is 10.3. The number of carboxylic acid groups (broad SMARTS) is 1. The van der Waals surface area contributed by atoms with Crippen LogP contribution < -0.4 is 0 Å². The highest BCUT2D eigenvalue weighted by atomic mass is 16.4. The lowest BCUT2D eigenvalue weighted by atomic mass is 10.1. The Balaban J connectivity index is 3.13. The zero-order valence-corrected chi connectivity index (χ0v) is 11.7. The fraction of sp³-hybridized carbons (Fsp3) is 0.688. The minimum atomic E-state index is -0.670. The van der Waals surface area contributed by atoms with Gasteiger partial charge in [-0.3, -0.25) is 4.79 Å². The van der Waals surface area contributed by atoms with Gasteiger partial charge in [0.1, 0.15) is 0 Å². The molecule has 0 bridgehead atoms. The van der Waals surface area contributed by atoms with Gasteiger partial charge in [-0.15, -0.1) is 0 Å². The molecule has 0 unspecified atom stereocenters. The third-order valence-electron chi connectivity index (χ3n) is 2.85. The van der Waals surface area contributed by atoms with Gasteiger partial charge in [0.2, 0.25) is 0 Å². The molecule has 0 aromatic heterocycles. The zero-order chi connectivity index (χ0) is 13.5. The number of hydrogen-bond donors (Lipinski definition) is 1. The second-order valence-electron chi connectivity index (χ2n) is 4.70. The number of hydrogen-bond acceptors (Lipinski definition) is 1. The summed E-state index contributed by atoms with van der Waals surface area (Å²) in [6.45, 7) is 2.19. The molecule has 0 atom stereocenters. The van der Waals surface area contributed by atoms with Crippen LogP contribution in [0, 0.1) is 0 Å². The average Bonchev–Trinajstić information content (AvgIpc) is 2.34. The lowest BCUT2D eigenvalue weighted by molar-refractivity contribution is -0.137. The summed E-state index contributed by atoms with van der Waals surface area (Å²) in [5.41, 5.74) is 0. The second kappa shape index (κ2) is 14.0. The SMILES string of the molecule is CCC/C=C/C=C\CCCCCCCCC(=O)O. The van der Waals surface area contributed by atoms with Gasteiger partial charge < -0.3 is 5.11 Å². The highest BCUT2D eigenvalue weighted by molar-refractivity contribution is 5.66. The van der Waals surface area contributed by atoms with Crippen molar-refractivity contribution in [2.75, 3.05) is 0 Å². The molecule has 104 valence electrons. The van der Waals surface area contributed by atoms with Crippen LogP contribution in [0.25, 0.3) is 0 Å². The monoisotopic (exact) mass is 252 g/mol. The largest absolute Gasteiger partial charge is 0.481 e. The predicted molar refractivity (Wildman–Crippen MR) is 77.8 cm³/mol. The minimum absolute atomic E-state index is 0.326. The van der Waals surface area contributed by atoms with E-state index in [-0.39, 0.29) is 0 Å². The van der Waals surface area contributed by atoms with Crippen molar-refractivity contribution in [2.45, 2.75) is 71.1 Å². The first-order valence-electron chi connectivity index (χ1n) is 7.30. The number of aliphatic carboxylic acids is 1. The third kappa shape index (κ3) is 14.9. The molecule has 18 heavy (non-hydrogen) atoms. The van der Waals surface area contributed by atoms with Gasteiger partial charge in [0, 0.05) is 6.42 Å². The summed E-state index contributed by atoms with van der Waals surface area (Å²) in [6.07, 6.45) is 19.4. The van der Waals surface area contributed by atoms with E-state index < -0.39 is 5.97 Å². The molecule has 0 radical (unpaired) electrons. The van der Waals surface area contributed by atoms with Crippen LogP contribution in [0.5, 0.6) is 0 Å². The van der Waals surface area contributed by atoms with Crippen LogP contribution in [0.4, 0.5) is 0 Å². The van der Waals surface area contributed by atoms with Crippen LogP contribution in [0.1, 0.15) is 71.1 Å². The molecule has 0 amide bonds. The minimum Gasteiger partial charge on any atom is -0.481 e. The van der Waals surface area contributed by atoms with Crippen molar-refractivity contribution in [1.29, 1.82) is 0 Å². The molecule has 0 heterocycles. The molecule has 0 saturated carbocycles. The van der Waals surface area contributed by atoms with E-state index in [9.17, 15) is 4.79 Å². The predicted octanol–water partition coefficient (Wildman–Crippen LogP) is 5.10. The van der Waals surface area contributed by atoms with Gasteiger partial charge in [0.25, 0.3) is 0 Å². The van der Waals surface area contributed by atoms with E-state index in [2.05, 4.69) is 31.2 Å². The molecule has 0 aromatic carbocycles. The maximum absolute atomic E-state index is 10.3. The van der Waals surface area contributed by atoms with E-state index >= 15 is 0 Å². The van der Waals surface area contributed by atoms with Gasteiger partial charge in [-0.05, 0) is 25.7 Å². The summed E-state index contributed by atoms with van der Waals surface area (Å²) in [5, 5.41) is 8.48. The van der Waals surface area contributed by atoms with Crippen LogP contribution in [-0.4, -0.2) is 11.1 Å². The molecule has 0 rings (SSSR count). The topological polar surface area (TPSA) is 37.3 Å². The van der Waals surface area contributed by atoms with Crippen molar-refractivity contribution >= 4 is 5.97 Å². The second-order valence-corrected chi connectivity index (χ2v) is 4.70. The van der Waals surface area contributed by atoms with Crippen molar-refractivity contribution < 1.29 is 9.90 Å². The summed E-state index contributed by atoms with van der Waals surface area (Å²) < 4.78 is 0. The van der Waals surface area contributed by atoms with Crippen LogP contribution >= 0.6 is 0 Å². The normalized spacial score (nSPS) is 11.6. The number of unbranched alkanes of at least 4 members (excludes halogenated alkanes) is 7. The summed E-state index contributed by atoms with van der Waals surface area (Å²) >= 11 is 0. The molecular formula is C16H28O2. The number of rotatable bonds is 12. The summed E-state index contributed by atoms with van der Waals surface area (Å²) in [7, 11) is 0. The molecule has 0 saturated heterocycles. The Labute approximate surface area is 112 Å². The van der Waals surface area contributed by atoms with Gasteiger partial charge in [-0.2, -0.15) is 0 Å². The maximum atomic E-state index is 10.3.